The lowest BCUT2D eigenvalue weighted by Gasteiger charge is -2.14. The summed E-state index contributed by atoms with van der Waals surface area (Å²) >= 11 is 0. The second kappa shape index (κ2) is 5.53. The van der Waals surface area contributed by atoms with Crippen LogP contribution < -0.4 is 10.1 Å². The van der Waals surface area contributed by atoms with Crippen LogP contribution in [0.3, 0.4) is 0 Å². The molecule has 110 valence electrons. The fourth-order valence-electron chi connectivity index (χ4n) is 2.82. The van der Waals surface area contributed by atoms with E-state index in [4.69, 9.17) is 9.47 Å². The summed E-state index contributed by atoms with van der Waals surface area (Å²) in [6.45, 7) is 1.44. The highest BCUT2D eigenvalue weighted by molar-refractivity contribution is 5.96. The summed E-state index contributed by atoms with van der Waals surface area (Å²) in [5, 5.41) is 5.83. The molecule has 1 aromatic carbocycles. The van der Waals surface area contributed by atoms with Crippen LogP contribution in [0.25, 0.3) is 10.8 Å². The van der Waals surface area contributed by atoms with E-state index in [9.17, 15) is 0 Å². The minimum absolute atomic E-state index is 0.217. The number of anilines is 1. The zero-order chi connectivity index (χ0) is 14.1. The van der Waals surface area contributed by atoms with Crippen molar-refractivity contribution >= 4 is 16.5 Å². The van der Waals surface area contributed by atoms with Gasteiger partial charge in [-0.1, -0.05) is 6.07 Å². The van der Waals surface area contributed by atoms with E-state index in [1.165, 1.54) is 23.9 Å². The lowest BCUT2D eigenvalue weighted by Crippen LogP contribution is -2.16. The first-order chi connectivity index (χ1) is 10.4. The molecule has 0 amide bonds. The maximum Gasteiger partial charge on any atom is 0.221 e. The smallest absolute Gasteiger partial charge is 0.221 e. The topological polar surface area (TPSA) is 43.4 Å². The molecule has 2 heterocycles. The Morgan fingerprint density at radius 3 is 2.95 bits per heavy atom. The normalized spacial score (nSPS) is 21.6. The number of benzene rings is 1. The van der Waals surface area contributed by atoms with Crippen molar-refractivity contribution < 1.29 is 9.47 Å². The maximum absolute atomic E-state index is 5.91. The number of ether oxygens (including phenoxy) is 2. The molecule has 21 heavy (non-hydrogen) atoms. The van der Waals surface area contributed by atoms with E-state index in [2.05, 4.69) is 34.6 Å². The van der Waals surface area contributed by atoms with Crippen LogP contribution in [0.1, 0.15) is 25.7 Å². The second-order valence-electron chi connectivity index (χ2n) is 5.88. The average molecular weight is 284 g/mol. The van der Waals surface area contributed by atoms with Gasteiger partial charge in [-0.25, -0.2) is 4.98 Å². The van der Waals surface area contributed by atoms with Crippen LogP contribution in [0.4, 0.5) is 5.69 Å². The predicted molar refractivity (Wildman–Crippen MR) is 82.9 cm³/mol. The van der Waals surface area contributed by atoms with Gasteiger partial charge in [0.05, 0.1) is 6.10 Å². The van der Waals surface area contributed by atoms with Crippen LogP contribution in [0, 0.1) is 0 Å². The monoisotopic (exact) mass is 284 g/mol. The SMILES string of the molecule is c1cc(NC2CC2)c2ccnc(OCC3CCCO3)c2c1. The number of pyridine rings is 1. The molecule has 2 fully saturated rings. The van der Waals surface area contributed by atoms with Gasteiger partial charge < -0.3 is 14.8 Å². The van der Waals surface area contributed by atoms with E-state index in [-0.39, 0.29) is 6.10 Å². The first-order valence-corrected chi connectivity index (χ1v) is 7.79. The highest BCUT2D eigenvalue weighted by Crippen LogP contribution is 2.32. The molecule has 1 unspecified atom stereocenters. The van der Waals surface area contributed by atoms with Gasteiger partial charge in [0.25, 0.3) is 0 Å². The lowest BCUT2D eigenvalue weighted by molar-refractivity contribution is 0.0669. The summed E-state index contributed by atoms with van der Waals surface area (Å²) in [5.41, 5.74) is 1.18. The minimum Gasteiger partial charge on any atom is -0.474 e. The van der Waals surface area contributed by atoms with E-state index in [1.54, 1.807) is 0 Å². The molecule has 1 saturated heterocycles. The summed E-state index contributed by atoms with van der Waals surface area (Å²) in [4.78, 5) is 4.40. The molecular formula is C17H20N2O2. The predicted octanol–water partition coefficient (Wildman–Crippen LogP) is 3.37. The zero-order valence-corrected chi connectivity index (χ0v) is 12.0. The van der Waals surface area contributed by atoms with E-state index in [0.29, 0.717) is 18.5 Å². The van der Waals surface area contributed by atoms with Crippen LogP contribution >= 0.6 is 0 Å². The Kier molecular flexibility index (Phi) is 3.39. The molecule has 1 aliphatic carbocycles. The molecule has 0 spiro atoms. The maximum atomic E-state index is 5.91. The fourth-order valence-corrected chi connectivity index (χ4v) is 2.82. The Balaban J connectivity index is 1.59. The van der Waals surface area contributed by atoms with Crippen LogP contribution in [-0.2, 0) is 4.74 Å². The van der Waals surface area contributed by atoms with Gasteiger partial charge in [0.2, 0.25) is 5.88 Å². The molecule has 4 heteroatoms. The molecule has 1 saturated carbocycles. The van der Waals surface area contributed by atoms with Crippen molar-refractivity contribution in [3.8, 4) is 5.88 Å². The van der Waals surface area contributed by atoms with Gasteiger partial charge in [-0.15, -0.1) is 0 Å². The van der Waals surface area contributed by atoms with Crippen LogP contribution in [-0.4, -0.2) is 30.3 Å². The minimum atomic E-state index is 0.217. The fraction of sp³-hybridized carbons (Fsp3) is 0.471. The third-order valence-corrected chi connectivity index (χ3v) is 4.14. The van der Waals surface area contributed by atoms with Crippen LogP contribution in [0.15, 0.2) is 30.5 Å². The van der Waals surface area contributed by atoms with E-state index < -0.39 is 0 Å². The number of hydrogen-bond donors (Lipinski definition) is 1. The Morgan fingerprint density at radius 1 is 1.19 bits per heavy atom. The van der Waals surface area contributed by atoms with Crippen molar-refractivity contribution in [1.82, 2.24) is 4.98 Å². The molecule has 4 rings (SSSR count). The molecule has 2 aliphatic rings. The third kappa shape index (κ3) is 2.81. The Bertz CT molecular complexity index is 634. The third-order valence-electron chi connectivity index (χ3n) is 4.14. The average Bonchev–Trinajstić information content (AvgIpc) is 3.17. The lowest BCUT2D eigenvalue weighted by atomic mass is 10.1. The highest BCUT2D eigenvalue weighted by Gasteiger charge is 2.22. The van der Waals surface area contributed by atoms with Gasteiger partial charge in [0.1, 0.15) is 6.61 Å². The quantitative estimate of drug-likeness (QED) is 0.914. The van der Waals surface area contributed by atoms with Crippen molar-refractivity contribution in [2.45, 2.75) is 37.8 Å². The van der Waals surface area contributed by atoms with Gasteiger partial charge in [-0.2, -0.15) is 0 Å². The number of nitrogens with zero attached hydrogens (tertiary/aromatic N) is 1. The van der Waals surface area contributed by atoms with Gasteiger partial charge in [-0.3, -0.25) is 0 Å². The molecule has 1 aliphatic heterocycles. The van der Waals surface area contributed by atoms with Gasteiger partial charge >= 0.3 is 0 Å². The van der Waals surface area contributed by atoms with Crippen molar-refractivity contribution in [1.29, 1.82) is 0 Å². The highest BCUT2D eigenvalue weighted by atomic mass is 16.5. The Labute approximate surface area is 124 Å². The summed E-state index contributed by atoms with van der Waals surface area (Å²) in [5.74, 6) is 0.711. The molecule has 1 N–H and O–H groups in total. The molecule has 4 nitrogen and oxygen atoms in total. The Morgan fingerprint density at radius 2 is 2.14 bits per heavy atom. The summed E-state index contributed by atoms with van der Waals surface area (Å²) in [6.07, 6.45) is 6.79. The number of hydrogen-bond acceptors (Lipinski definition) is 4. The largest absolute Gasteiger partial charge is 0.474 e. The van der Waals surface area contributed by atoms with Gasteiger partial charge in [0, 0.05) is 35.3 Å². The van der Waals surface area contributed by atoms with E-state index >= 15 is 0 Å². The van der Waals surface area contributed by atoms with Crippen molar-refractivity contribution in [2.24, 2.45) is 0 Å². The van der Waals surface area contributed by atoms with Gasteiger partial charge in [0.15, 0.2) is 0 Å². The first kappa shape index (κ1) is 12.9. The van der Waals surface area contributed by atoms with Crippen LogP contribution in [0.5, 0.6) is 5.88 Å². The van der Waals surface area contributed by atoms with Crippen molar-refractivity contribution in [3.05, 3.63) is 30.5 Å². The second-order valence-corrected chi connectivity index (χ2v) is 5.88. The van der Waals surface area contributed by atoms with Crippen LogP contribution in [0.2, 0.25) is 0 Å². The number of fused-ring (bicyclic) bond motifs is 1. The zero-order valence-electron chi connectivity index (χ0n) is 12.0. The van der Waals surface area contributed by atoms with Gasteiger partial charge in [-0.05, 0) is 43.9 Å². The Hall–Kier alpha value is -1.81. The molecule has 1 atom stereocenters. The molecule has 1 aromatic heterocycles. The number of aromatic nitrogens is 1. The summed E-state index contributed by atoms with van der Waals surface area (Å²) in [7, 11) is 0. The van der Waals surface area contributed by atoms with E-state index in [0.717, 1.165) is 24.8 Å². The van der Waals surface area contributed by atoms with Crippen molar-refractivity contribution in [2.75, 3.05) is 18.5 Å². The standard InChI is InChI=1S/C17H20N2O2/c1-4-15-14(16(5-1)19-12-6-7-12)8-9-18-17(15)21-11-13-3-2-10-20-13/h1,4-5,8-9,12-13,19H,2-3,6-7,10-11H2. The molecule has 2 aromatic rings. The van der Waals surface area contributed by atoms with E-state index in [1.807, 2.05) is 6.20 Å². The summed E-state index contributed by atoms with van der Waals surface area (Å²) < 4.78 is 11.5. The first-order valence-electron chi connectivity index (χ1n) is 7.79. The number of rotatable bonds is 5. The molecule has 0 bridgehead atoms. The van der Waals surface area contributed by atoms with Crippen molar-refractivity contribution in [3.63, 3.8) is 0 Å². The summed E-state index contributed by atoms with van der Waals surface area (Å²) in [6, 6.07) is 8.96. The molecule has 0 radical (unpaired) electrons. The number of nitrogens with one attached hydrogen (secondary N) is 1. The molecular weight excluding hydrogens is 264 g/mol.